The van der Waals surface area contributed by atoms with Crippen LogP contribution in [0.1, 0.15) is 36.2 Å². The van der Waals surface area contributed by atoms with Crippen molar-refractivity contribution < 1.29 is 23.5 Å². The van der Waals surface area contributed by atoms with Crippen molar-refractivity contribution in [2.45, 2.75) is 26.8 Å². The number of para-hydroxylation sites is 1. The summed E-state index contributed by atoms with van der Waals surface area (Å²) in [5.74, 6) is -1.41. The molecule has 148 valence electrons. The number of carbonyl (C=O) groups excluding carboxylic acids is 3. The molecule has 2 rings (SSSR count). The van der Waals surface area contributed by atoms with E-state index < -0.39 is 5.97 Å². The van der Waals surface area contributed by atoms with Gasteiger partial charge < -0.3 is 15.0 Å². The van der Waals surface area contributed by atoms with Crippen molar-refractivity contribution in [3.8, 4) is 0 Å². The van der Waals surface area contributed by atoms with E-state index in [-0.39, 0.29) is 49.3 Å². The van der Waals surface area contributed by atoms with E-state index in [0.717, 1.165) is 5.56 Å². The van der Waals surface area contributed by atoms with Crippen molar-refractivity contribution in [1.82, 2.24) is 5.32 Å². The summed E-state index contributed by atoms with van der Waals surface area (Å²) in [6.45, 7) is 3.67. The first-order chi connectivity index (χ1) is 13.4. The van der Waals surface area contributed by atoms with Crippen LogP contribution in [0, 0.1) is 5.82 Å². The zero-order valence-corrected chi connectivity index (χ0v) is 15.9. The predicted molar refractivity (Wildman–Crippen MR) is 103 cm³/mol. The third-order valence-corrected chi connectivity index (χ3v) is 4.04. The summed E-state index contributed by atoms with van der Waals surface area (Å²) < 4.78 is 17.9. The van der Waals surface area contributed by atoms with E-state index in [1.165, 1.54) is 24.0 Å². The number of hydrogen-bond donors (Lipinski definition) is 1. The Bertz CT molecular complexity index is 837. The highest BCUT2D eigenvalue weighted by Gasteiger charge is 2.20. The van der Waals surface area contributed by atoms with E-state index in [4.69, 9.17) is 4.74 Å². The lowest BCUT2D eigenvalue weighted by atomic mass is 10.1. The summed E-state index contributed by atoms with van der Waals surface area (Å²) in [7, 11) is 0. The summed E-state index contributed by atoms with van der Waals surface area (Å²) in [6.07, 6.45) is 0.0535. The fourth-order valence-electron chi connectivity index (χ4n) is 2.64. The second-order valence-corrected chi connectivity index (χ2v) is 6.06. The Labute approximate surface area is 163 Å². The molecule has 0 aromatic heterocycles. The van der Waals surface area contributed by atoms with Gasteiger partial charge in [0.2, 0.25) is 11.8 Å². The van der Waals surface area contributed by atoms with Gasteiger partial charge >= 0.3 is 5.97 Å². The number of amides is 2. The topological polar surface area (TPSA) is 75.7 Å². The van der Waals surface area contributed by atoms with E-state index in [9.17, 15) is 18.8 Å². The number of nitrogens with zero attached hydrogens (tertiary/aromatic N) is 1. The number of halogens is 1. The van der Waals surface area contributed by atoms with Crippen LogP contribution in [-0.4, -0.2) is 30.9 Å². The molecule has 0 spiro atoms. The van der Waals surface area contributed by atoms with Crippen LogP contribution in [0.3, 0.4) is 0 Å². The van der Waals surface area contributed by atoms with Crippen LogP contribution >= 0.6 is 0 Å². The van der Waals surface area contributed by atoms with Gasteiger partial charge in [0.25, 0.3) is 0 Å². The molecule has 2 aromatic rings. The van der Waals surface area contributed by atoms with Crippen molar-refractivity contribution in [3.05, 3.63) is 65.5 Å². The first kappa shape index (κ1) is 21.1. The molecule has 0 unspecified atom stereocenters. The Morgan fingerprint density at radius 1 is 1.07 bits per heavy atom. The molecule has 28 heavy (non-hydrogen) atoms. The van der Waals surface area contributed by atoms with E-state index in [1.54, 1.807) is 43.3 Å². The molecule has 6 nitrogen and oxygen atoms in total. The van der Waals surface area contributed by atoms with Crippen molar-refractivity contribution in [1.29, 1.82) is 0 Å². The quantitative estimate of drug-likeness (QED) is 0.708. The molecule has 0 fully saturated rings. The van der Waals surface area contributed by atoms with Crippen LogP contribution < -0.4 is 10.2 Å². The van der Waals surface area contributed by atoms with Gasteiger partial charge in [-0.1, -0.05) is 24.3 Å². The van der Waals surface area contributed by atoms with Crippen LogP contribution in [0.15, 0.2) is 48.5 Å². The summed E-state index contributed by atoms with van der Waals surface area (Å²) in [5, 5.41) is 2.73. The number of esters is 1. The van der Waals surface area contributed by atoms with Crippen LogP contribution in [-0.2, 0) is 20.9 Å². The normalized spacial score (nSPS) is 10.2. The third-order valence-electron chi connectivity index (χ3n) is 4.04. The van der Waals surface area contributed by atoms with Crippen LogP contribution in [0.5, 0.6) is 0 Å². The molecule has 0 saturated carbocycles. The minimum atomic E-state index is -0.523. The monoisotopic (exact) mass is 386 g/mol. The third kappa shape index (κ3) is 5.90. The fraction of sp³-hybridized carbons (Fsp3) is 0.286. The first-order valence-electron chi connectivity index (χ1n) is 8.97. The Morgan fingerprint density at radius 2 is 1.75 bits per heavy atom. The molecule has 0 aliphatic rings. The number of anilines is 1. The lowest BCUT2D eigenvalue weighted by Gasteiger charge is -2.23. The van der Waals surface area contributed by atoms with Gasteiger partial charge in [-0.05, 0) is 36.8 Å². The van der Waals surface area contributed by atoms with E-state index in [2.05, 4.69) is 5.32 Å². The van der Waals surface area contributed by atoms with E-state index in [0.29, 0.717) is 5.69 Å². The Balaban J connectivity index is 2.01. The van der Waals surface area contributed by atoms with Gasteiger partial charge in [0, 0.05) is 26.4 Å². The van der Waals surface area contributed by atoms with E-state index >= 15 is 0 Å². The summed E-state index contributed by atoms with van der Waals surface area (Å²) in [5.41, 5.74) is 1.44. The van der Waals surface area contributed by atoms with Crippen LogP contribution in [0.25, 0.3) is 0 Å². The van der Waals surface area contributed by atoms with Gasteiger partial charge in [-0.2, -0.15) is 0 Å². The molecule has 0 atom stereocenters. The molecular weight excluding hydrogens is 363 g/mol. The van der Waals surface area contributed by atoms with Crippen molar-refractivity contribution in [3.63, 3.8) is 0 Å². The maximum absolute atomic E-state index is 12.9. The molecule has 0 radical (unpaired) electrons. The molecule has 1 N–H and O–H groups in total. The number of rotatable bonds is 8. The number of carbonyl (C=O) groups is 3. The summed E-state index contributed by atoms with van der Waals surface area (Å²) in [4.78, 5) is 37.8. The SMILES string of the molecule is CCOC(=O)c1ccccc1N(CCC(=O)NCc1ccc(F)cc1)C(C)=O. The lowest BCUT2D eigenvalue weighted by molar-refractivity contribution is -0.121. The molecule has 0 aliphatic heterocycles. The number of ether oxygens (including phenoxy) is 1. The van der Waals surface area contributed by atoms with Gasteiger partial charge in [0.1, 0.15) is 5.82 Å². The highest BCUT2D eigenvalue weighted by atomic mass is 19.1. The van der Waals surface area contributed by atoms with Crippen molar-refractivity contribution in [2.24, 2.45) is 0 Å². The van der Waals surface area contributed by atoms with Crippen LogP contribution in [0.2, 0.25) is 0 Å². The zero-order chi connectivity index (χ0) is 20.5. The van der Waals surface area contributed by atoms with Gasteiger partial charge in [0.15, 0.2) is 0 Å². The van der Waals surface area contributed by atoms with Gasteiger partial charge in [-0.3, -0.25) is 9.59 Å². The Hall–Kier alpha value is -3.22. The molecule has 0 saturated heterocycles. The molecule has 0 aliphatic carbocycles. The molecule has 0 bridgehead atoms. The predicted octanol–water partition coefficient (Wildman–Crippen LogP) is 3.06. The van der Waals surface area contributed by atoms with Gasteiger partial charge in [-0.25, -0.2) is 9.18 Å². The average Bonchev–Trinajstić information content (AvgIpc) is 2.68. The minimum Gasteiger partial charge on any atom is -0.462 e. The average molecular weight is 386 g/mol. The van der Waals surface area contributed by atoms with Gasteiger partial charge in [0.05, 0.1) is 17.9 Å². The van der Waals surface area contributed by atoms with Gasteiger partial charge in [-0.15, -0.1) is 0 Å². The Morgan fingerprint density at radius 3 is 2.39 bits per heavy atom. The second kappa shape index (κ2) is 10.2. The molecule has 2 aromatic carbocycles. The Kier molecular flexibility index (Phi) is 7.68. The highest BCUT2D eigenvalue weighted by Crippen LogP contribution is 2.22. The maximum atomic E-state index is 12.9. The first-order valence-corrected chi connectivity index (χ1v) is 8.97. The van der Waals surface area contributed by atoms with Crippen molar-refractivity contribution in [2.75, 3.05) is 18.1 Å². The lowest BCUT2D eigenvalue weighted by Crippen LogP contribution is -2.34. The molecular formula is C21H23FN2O4. The zero-order valence-electron chi connectivity index (χ0n) is 15.9. The summed E-state index contributed by atoms with van der Waals surface area (Å²) >= 11 is 0. The van der Waals surface area contributed by atoms with E-state index in [1.807, 2.05) is 0 Å². The number of nitrogens with one attached hydrogen (secondary N) is 1. The second-order valence-electron chi connectivity index (χ2n) is 6.06. The standard InChI is InChI=1S/C21H23FN2O4/c1-3-28-21(27)18-6-4-5-7-19(18)24(15(2)25)13-12-20(26)23-14-16-8-10-17(22)11-9-16/h4-11H,3,12-14H2,1-2H3,(H,23,26). The maximum Gasteiger partial charge on any atom is 0.340 e. The fourth-order valence-corrected chi connectivity index (χ4v) is 2.64. The van der Waals surface area contributed by atoms with Crippen molar-refractivity contribution >= 4 is 23.5 Å². The number of benzene rings is 2. The highest BCUT2D eigenvalue weighted by molar-refractivity contribution is 6.02. The number of hydrogen-bond acceptors (Lipinski definition) is 4. The molecule has 0 heterocycles. The smallest absolute Gasteiger partial charge is 0.340 e. The minimum absolute atomic E-state index is 0.0535. The molecule has 2 amide bonds. The largest absolute Gasteiger partial charge is 0.462 e. The molecule has 7 heteroatoms. The summed E-state index contributed by atoms with van der Waals surface area (Å²) in [6, 6.07) is 12.4. The van der Waals surface area contributed by atoms with Crippen LogP contribution in [0.4, 0.5) is 10.1 Å².